The molecule has 2 aromatic rings. The average Bonchev–Trinajstić information content (AvgIpc) is 3.04. The fourth-order valence-corrected chi connectivity index (χ4v) is 3.34. The van der Waals surface area contributed by atoms with Crippen LogP contribution in [0.4, 0.5) is 4.39 Å². The first-order valence-electron chi connectivity index (χ1n) is 7.43. The normalized spacial score (nSPS) is 16.6. The SMILES string of the molecule is Cl.Cl.O=C(NCC1CCCNC1)c1csc(-c2ccc(F)cc2)n1. The minimum Gasteiger partial charge on any atom is -0.350 e. The molecule has 4 nitrogen and oxygen atoms in total. The van der Waals surface area contributed by atoms with Crippen LogP contribution in [0.2, 0.25) is 0 Å². The lowest BCUT2D eigenvalue weighted by atomic mass is 10.00. The van der Waals surface area contributed by atoms with Crippen molar-refractivity contribution < 1.29 is 9.18 Å². The lowest BCUT2D eigenvalue weighted by Crippen LogP contribution is -2.38. The second-order valence-corrected chi connectivity index (χ2v) is 6.33. The smallest absolute Gasteiger partial charge is 0.270 e. The summed E-state index contributed by atoms with van der Waals surface area (Å²) in [5.74, 6) is 0.0717. The first-order valence-corrected chi connectivity index (χ1v) is 8.31. The van der Waals surface area contributed by atoms with Crippen molar-refractivity contribution in [2.75, 3.05) is 19.6 Å². The maximum absolute atomic E-state index is 12.9. The number of rotatable bonds is 4. The van der Waals surface area contributed by atoms with Crippen LogP contribution in [0, 0.1) is 11.7 Å². The Hall–Kier alpha value is -1.21. The Balaban J connectivity index is 0.00000144. The Bertz CT molecular complexity index is 645. The van der Waals surface area contributed by atoms with Crippen molar-refractivity contribution in [2.24, 2.45) is 5.92 Å². The van der Waals surface area contributed by atoms with Gasteiger partial charge in [-0.3, -0.25) is 4.79 Å². The molecule has 1 unspecified atom stereocenters. The van der Waals surface area contributed by atoms with Crippen molar-refractivity contribution in [3.05, 3.63) is 41.2 Å². The molecule has 1 aliphatic rings. The highest BCUT2D eigenvalue weighted by Crippen LogP contribution is 2.23. The van der Waals surface area contributed by atoms with Gasteiger partial charge in [-0.15, -0.1) is 36.2 Å². The van der Waals surface area contributed by atoms with Crippen LogP contribution in [0.15, 0.2) is 29.6 Å². The Morgan fingerprint density at radius 3 is 2.75 bits per heavy atom. The van der Waals surface area contributed by atoms with Crippen LogP contribution in [0.3, 0.4) is 0 Å². The molecule has 0 saturated carbocycles. The van der Waals surface area contributed by atoms with Gasteiger partial charge in [-0.05, 0) is 56.1 Å². The van der Waals surface area contributed by atoms with Gasteiger partial charge in [0.1, 0.15) is 16.5 Å². The molecule has 1 aromatic carbocycles. The van der Waals surface area contributed by atoms with E-state index in [1.807, 2.05) is 0 Å². The minimum atomic E-state index is -0.278. The summed E-state index contributed by atoms with van der Waals surface area (Å²) in [6.07, 6.45) is 2.30. The van der Waals surface area contributed by atoms with E-state index in [1.54, 1.807) is 17.5 Å². The lowest BCUT2D eigenvalue weighted by molar-refractivity contribution is 0.0940. The fourth-order valence-electron chi connectivity index (χ4n) is 2.53. The third kappa shape index (κ3) is 5.41. The Kier molecular flexibility index (Phi) is 8.62. The largest absolute Gasteiger partial charge is 0.350 e. The minimum absolute atomic E-state index is 0. The third-order valence-corrected chi connectivity index (χ3v) is 4.67. The molecule has 1 atom stereocenters. The number of nitrogens with one attached hydrogen (secondary N) is 2. The van der Waals surface area contributed by atoms with Crippen LogP contribution in [0.1, 0.15) is 23.3 Å². The zero-order valence-electron chi connectivity index (χ0n) is 13.0. The highest BCUT2D eigenvalue weighted by molar-refractivity contribution is 7.13. The van der Waals surface area contributed by atoms with E-state index in [-0.39, 0.29) is 36.5 Å². The van der Waals surface area contributed by atoms with Crippen LogP contribution < -0.4 is 10.6 Å². The molecule has 2 heterocycles. The molecule has 0 aliphatic carbocycles. The molecule has 1 fully saturated rings. The molecule has 132 valence electrons. The molecule has 0 bridgehead atoms. The summed E-state index contributed by atoms with van der Waals surface area (Å²) < 4.78 is 12.9. The van der Waals surface area contributed by atoms with E-state index in [0.717, 1.165) is 36.5 Å². The van der Waals surface area contributed by atoms with Crippen LogP contribution >= 0.6 is 36.2 Å². The zero-order valence-corrected chi connectivity index (χ0v) is 15.4. The number of halogens is 3. The number of hydrogen-bond donors (Lipinski definition) is 2. The highest BCUT2D eigenvalue weighted by atomic mass is 35.5. The van der Waals surface area contributed by atoms with Gasteiger partial charge in [-0.1, -0.05) is 0 Å². The number of amides is 1. The number of carbonyl (C=O) groups excluding carboxylic acids is 1. The fraction of sp³-hybridized carbons (Fsp3) is 0.375. The molecule has 8 heteroatoms. The standard InChI is InChI=1S/C16H18FN3OS.2ClH/c17-13-5-3-12(4-6-13)16-20-14(10-22-16)15(21)19-9-11-2-1-7-18-8-11;;/h3-6,10-11,18H,1-2,7-9H2,(H,19,21);2*1H. The van der Waals surface area contributed by atoms with Crippen molar-refractivity contribution in [3.63, 3.8) is 0 Å². The quantitative estimate of drug-likeness (QED) is 0.837. The molecular formula is C16H20Cl2FN3OS. The van der Waals surface area contributed by atoms with Crippen LogP contribution in [-0.4, -0.2) is 30.5 Å². The van der Waals surface area contributed by atoms with E-state index in [9.17, 15) is 9.18 Å². The summed E-state index contributed by atoms with van der Waals surface area (Å²) in [6.45, 7) is 2.70. The van der Waals surface area contributed by atoms with Crippen molar-refractivity contribution in [2.45, 2.75) is 12.8 Å². The average molecular weight is 392 g/mol. The monoisotopic (exact) mass is 391 g/mol. The number of carbonyl (C=O) groups is 1. The van der Waals surface area contributed by atoms with Gasteiger partial charge in [-0.25, -0.2) is 9.37 Å². The van der Waals surface area contributed by atoms with Crippen LogP contribution in [0.5, 0.6) is 0 Å². The van der Waals surface area contributed by atoms with Gasteiger partial charge in [0.15, 0.2) is 0 Å². The van der Waals surface area contributed by atoms with E-state index in [4.69, 9.17) is 0 Å². The van der Waals surface area contributed by atoms with Crippen molar-refractivity contribution >= 4 is 42.1 Å². The summed E-state index contributed by atoms with van der Waals surface area (Å²) in [6, 6.07) is 6.13. The molecule has 2 N–H and O–H groups in total. The topological polar surface area (TPSA) is 54.0 Å². The Labute approximate surface area is 157 Å². The van der Waals surface area contributed by atoms with E-state index in [0.29, 0.717) is 18.2 Å². The van der Waals surface area contributed by atoms with E-state index in [2.05, 4.69) is 15.6 Å². The summed E-state index contributed by atoms with van der Waals surface area (Å²) >= 11 is 1.39. The predicted octanol–water partition coefficient (Wildman–Crippen LogP) is 3.52. The zero-order chi connectivity index (χ0) is 15.4. The summed E-state index contributed by atoms with van der Waals surface area (Å²) in [5, 5.41) is 8.75. The molecule has 3 rings (SSSR count). The second kappa shape index (κ2) is 9.93. The molecule has 0 spiro atoms. The molecular weight excluding hydrogens is 372 g/mol. The summed E-state index contributed by atoms with van der Waals surface area (Å²) in [5.41, 5.74) is 1.25. The molecule has 24 heavy (non-hydrogen) atoms. The number of thiazole rings is 1. The predicted molar refractivity (Wildman–Crippen MR) is 99.9 cm³/mol. The van der Waals surface area contributed by atoms with Gasteiger partial charge in [0.2, 0.25) is 0 Å². The van der Waals surface area contributed by atoms with E-state index < -0.39 is 0 Å². The Morgan fingerprint density at radius 1 is 1.33 bits per heavy atom. The third-order valence-electron chi connectivity index (χ3n) is 3.78. The highest BCUT2D eigenvalue weighted by Gasteiger charge is 2.16. The maximum atomic E-state index is 12.9. The second-order valence-electron chi connectivity index (χ2n) is 5.47. The van der Waals surface area contributed by atoms with Gasteiger partial charge < -0.3 is 10.6 Å². The van der Waals surface area contributed by atoms with E-state index in [1.165, 1.54) is 23.5 Å². The van der Waals surface area contributed by atoms with Gasteiger partial charge in [0.05, 0.1) is 0 Å². The molecule has 1 amide bonds. The van der Waals surface area contributed by atoms with Gasteiger partial charge in [0, 0.05) is 17.5 Å². The molecule has 1 aliphatic heterocycles. The summed E-state index contributed by atoms with van der Waals surface area (Å²) in [7, 11) is 0. The van der Waals surface area contributed by atoms with Gasteiger partial charge >= 0.3 is 0 Å². The molecule has 0 radical (unpaired) electrons. The number of hydrogen-bond acceptors (Lipinski definition) is 4. The molecule has 1 aromatic heterocycles. The first-order chi connectivity index (χ1) is 10.7. The summed E-state index contributed by atoms with van der Waals surface area (Å²) in [4.78, 5) is 16.5. The van der Waals surface area contributed by atoms with Gasteiger partial charge in [-0.2, -0.15) is 0 Å². The van der Waals surface area contributed by atoms with Crippen molar-refractivity contribution in [1.82, 2.24) is 15.6 Å². The number of piperidine rings is 1. The van der Waals surface area contributed by atoms with Gasteiger partial charge in [0.25, 0.3) is 5.91 Å². The van der Waals surface area contributed by atoms with Crippen molar-refractivity contribution in [1.29, 1.82) is 0 Å². The van der Waals surface area contributed by atoms with Crippen LogP contribution in [0.25, 0.3) is 10.6 Å². The van der Waals surface area contributed by atoms with Crippen LogP contribution in [-0.2, 0) is 0 Å². The number of aromatic nitrogens is 1. The Morgan fingerprint density at radius 2 is 2.08 bits per heavy atom. The molecule has 1 saturated heterocycles. The number of benzene rings is 1. The van der Waals surface area contributed by atoms with Crippen molar-refractivity contribution in [3.8, 4) is 10.6 Å². The number of nitrogens with zero attached hydrogens (tertiary/aromatic N) is 1. The van der Waals surface area contributed by atoms with E-state index >= 15 is 0 Å². The first kappa shape index (κ1) is 20.8. The maximum Gasteiger partial charge on any atom is 0.270 e. The lowest BCUT2D eigenvalue weighted by Gasteiger charge is -2.22.